The summed E-state index contributed by atoms with van der Waals surface area (Å²) in [5.41, 5.74) is 1.90. The number of hydrogen-bond acceptors (Lipinski definition) is 5. The Hall–Kier alpha value is -2.83. The number of likely N-dealkylation sites (tertiary alicyclic amines) is 1. The second kappa shape index (κ2) is 6.72. The van der Waals surface area contributed by atoms with Gasteiger partial charge in [0.05, 0.1) is 25.8 Å². The Morgan fingerprint density at radius 3 is 2.63 bits per heavy atom. The molecule has 7 nitrogen and oxygen atoms in total. The Labute approximate surface area is 157 Å². The summed E-state index contributed by atoms with van der Waals surface area (Å²) in [6, 6.07) is 9.33. The third-order valence-corrected chi connectivity index (χ3v) is 5.82. The van der Waals surface area contributed by atoms with E-state index in [-0.39, 0.29) is 23.3 Å². The maximum absolute atomic E-state index is 13.1. The molecule has 2 aliphatic rings. The maximum atomic E-state index is 13.1. The Bertz CT molecular complexity index is 852. The van der Waals surface area contributed by atoms with E-state index in [0.717, 1.165) is 29.8 Å². The van der Waals surface area contributed by atoms with Crippen LogP contribution in [0.15, 0.2) is 30.3 Å². The quantitative estimate of drug-likeness (QED) is 0.838. The van der Waals surface area contributed by atoms with Crippen LogP contribution in [0.2, 0.25) is 0 Å². The van der Waals surface area contributed by atoms with Crippen molar-refractivity contribution < 1.29 is 19.1 Å². The minimum Gasteiger partial charge on any atom is -0.497 e. The number of rotatable bonds is 4. The van der Waals surface area contributed by atoms with Crippen molar-refractivity contribution in [3.05, 3.63) is 36.0 Å². The Kier molecular flexibility index (Phi) is 4.37. The first-order valence-corrected chi connectivity index (χ1v) is 9.16. The normalized spacial score (nSPS) is 23.9. The number of benzene rings is 1. The highest BCUT2D eigenvalue weighted by atomic mass is 16.5. The van der Waals surface area contributed by atoms with E-state index in [2.05, 4.69) is 10.2 Å². The number of nitrogens with one attached hydrogen (secondary N) is 1. The highest BCUT2D eigenvalue weighted by molar-refractivity contribution is 5.94. The van der Waals surface area contributed by atoms with Gasteiger partial charge in [0, 0.05) is 17.6 Å². The fourth-order valence-electron chi connectivity index (χ4n) is 4.36. The molecule has 7 heteroatoms. The lowest BCUT2D eigenvalue weighted by atomic mass is 9.66. The van der Waals surface area contributed by atoms with E-state index in [4.69, 9.17) is 9.47 Å². The minimum atomic E-state index is -0.207. The lowest BCUT2D eigenvalue weighted by Crippen LogP contribution is -2.57. The van der Waals surface area contributed by atoms with Crippen LogP contribution in [0.3, 0.4) is 0 Å². The molecule has 2 aromatic rings. The highest BCUT2D eigenvalue weighted by Crippen LogP contribution is 2.49. The van der Waals surface area contributed by atoms with Crippen LogP contribution in [0.1, 0.15) is 36.2 Å². The zero-order valence-corrected chi connectivity index (χ0v) is 15.5. The van der Waals surface area contributed by atoms with E-state index >= 15 is 0 Å². The SMILES string of the molecule is COC(=O)C1CC2(CCCN2C(=O)c2cc(-c3ccc(OC)cc3)n[nH]2)C1. The van der Waals surface area contributed by atoms with Gasteiger partial charge in [-0.05, 0) is 56.0 Å². The number of nitrogens with zero attached hydrogens (tertiary/aromatic N) is 2. The smallest absolute Gasteiger partial charge is 0.308 e. The fraction of sp³-hybridized carbons (Fsp3) is 0.450. The van der Waals surface area contributed by atoms with Gasteiger partial charge in [-0.2, -0.15) is 5.10 Å². The first-order valence-electron chi connectivity index (χ1n) is 9.16. The van der Waals surface area contributed by atoms with Crippen LogP contribution >= 0.6 is 0 Å². The molecule has 0 bridgehead atoms. The lowest BCUT2D eigenvalue weighted by molar-refractivity contribution is -0.153. The first kappa shape index (κ1) is 17.6. The van der Waals surface area contributed by atoms with E-state index in [1.807, 2.05) is 29.2 Å². The second-order valence-corrected chi connectivity index (χ2v) is 7.31. The topological polar surface area (TPSA) is 84.5 Å². The Morgan fingerprint density at radius 1 is 1.22 bits per heavy atom. The molecule has 27 heavy (non-hydrogen) atoms. The van der Waals surface area contributed by atoms with E-state index < -0.39 is 0 Å². The van der Waals surface area contributed by atoms with Gasteiger partial charge in [0.2, 0.25) is 0 Å². The summed E-state index contributed by atoms with van der Waals surface area (Å²) in [6.45, 7) is 0.712. The lowest BCUT2D eigenvalue weighted by Gasteiger charge is -2.49. The van der Waals surface area contributed by atoms with Crippen LogP contribution in [0.25, 0.3) is 11.3 Å². The summed E-state index contributed by atoms with van der Waals surface area (Å²) in [6.07, 6.45) is 3.26. The monoisotopic (exact) mass is 369 g/mol. The number of amides is 1. The number of H-pyrrole nitrogens is 1. The van der Waals surface area contributed by atoms with Crippen molar-refractivity contribution in [2.75, 3.05) is 20.8 Å². The average molecular weight is 369 g/mol. The Morgan fingerprint density at radius 2 is 1.96 bits per heavy atom. The molecule has 1 aliphatic carbocycles. The van der Waals surface area contributed by atoms with Gasteiger partial charge in [-0.25, -0.2) is 0 Å². The molecule has 1 aliphatic heterocycles. The van der Waals surface area contributed by atoms with Crippen LogP contribution in [-0.4, -0.2) is 53.3 Å². The second-order valence-electron chi connectivity index (χ2n) is 7.31. The first-order chi connectivity index (χ1) is 13.1. The number of carbonyl (C=O) groups is 2. The number of methoxy groups -OCH3 is 2. The predicted octanol–water partition coefficient (Wildman–Crippen LogP) is 2.64. The fourth-order valence-corrected chi connectivity index (χ4v) is 4.36. The number of esters is 1. The molecule has 0 unspecified atom stereocenters. The van der Waals surface area contributed by atoms with E-state index in [0.29, 0.717) is 25.1 Å². The molecule has 1 saturated carbocycles. The molecule has 142 valence electrons. The number of ether oxygens (including phenoxy) is 2. The van der Waals surface area contributed by atoms with Gasteiger partial charge in [-0.3, -0.25) is 14.7 Å². The molecule has 2 heterocycles. The summed E-state index contributed by atoms with van der Waals surface area (Å²) in [4.78, 5) is 26.7. The predicted molar refractivity (Wildman–Crippen MR) is 98.3 cm³/mol. The van der Waals surface area contributed by atoms with Gasteiger partial charge in [0.25, 0.3) is 5.91 Å². The summed E-state index contributed by atoms with van der Waals surface area (Å²) in [5, 5.41) is 7.17. The number of aromatic nitrogens is 2. The van der Waals surface area contributed by atoms with Crippen LogP contribution in [-0.2, 0) is 9.53 Å². The van der Waals surface area contributed by atoms with Crippen molar-refractivity contribution in [2.45, 2.75) is 31.2 Å². The molecule has 1 aromatic heterocycles. The van der Waals surface area contributed by atoms with E-state index in [9.17, 15) is 9.59 Å². The van der Waals surface area contributed by atoms with Crippen molar-refractivity contribution in [3.63, 3.8) is 0 Å². The van der Waals surface area contributed by atoms with Crippen molar-refractivity contribution in [2.24, 2.45) is 5.92 Å². The van der Waals surface area contributed by atoms with Crippen LogP contribution in [0.4, 0.5) is 0 Å². The average Bonchev–Trinajstić information content (AvgIpc) is 3.33. The third kappa shape index (κ3) is 2.97. The zero-order chi connectivity index (χ0) is 19.0. The highest BCUT2D eigenvalue weighted by Gasteiger charge is 2.55. The molecule has 1 saturated heterocycles. The number of carbonyl (C=O) groups excluding carboxylic acids is 2. The molecule has 0 radical (unpaired) electrons. The summed E-state index contributed by atoms with van der Waals surface area (Å²) >= 11 is 0. The van der Waals surface area contributed by atoms with E-state index in [1.54, 1.807) is 13.2 Å². The van der Waals surface area contributed by atoms with E-state index in [1.165, 1.54) is 7.11 Å². The van der Waals surface area contributed by atoms with Gasteiger partial charge in [0.1, 0.15) is 11.4 Å². The summed E-state index contributed by atoms with van der Waals surface area (Å²) in [7, 11) is 3.04. The van der Waals surface area contributed by atoms with Gasteiger partial charge in [-0.1, -0.05) is 0 Å². The molecule has 1 N–H and O–H groups in total. The van der Waals surface area contributed by atoms with Crippen LogP contribution in [0.5, 0.6) is 5.75 Å². The van der Waals surface area contributed by atoms with Crippen molar-refractivity contribution in [1.82, 2.24) is 15.1 Å². The van der Waals surface area contributed by atoms with Crippen molar-refractivity contribution >= 4 is 11.9 Å². The molecule has 1 spiro atoms. The van der Waals surface area contributed by atoms with Gasteiger partial charge in [-0.15, -0.1) is 0 Å². The zero-order valence-electron chi connectivity index (χ0n) is 15.5. The maximum Gasteiger partial charge on any atom is 0.308 e. The molecule has 2 fully saturated rings. The molecule has 4 rings (SSSR count). The molecular formula is C20H23N3O4. The van der Waals surface area contributed by atoms with Crippen molar-refractivity contribution in [3.8, 4) is 17.0 Å². The summed E-state index contributed by atoms with van der Waals surface area (Å²) < 4.78 is 10.0. The molecule has 1 aromatic carbocycles. The van der Waals surface area contributed by atoms with Crippen LogP contribution in [0, 0.1) is 5.92 Å². The summed E-state index contributed by atoms with van der Waals surface area (Å²) in [5.74, 6) is 0.445. The molecular weight excluding hydrogens is 346 g/mol. The Balaban J connectivity index is 1.50. The molecule has 0 atom stereocenters. The van der Waals surface area contributed by atoms with Gasteiger partial charge >= 0.3 is 5.97 Å². The third-order valence-electron chi connectivity index (χ3n) is 5.82. The largest absolute Gasteiger partial charge is 0.497 e. The molecule has 1 amide bonds. The van der Waals surface area contributed by atoms with Gasteiger partial charge in [0.15, 0.2) is 0 Å². The van der Waals surface area contributed by atoms with Gasteiger partial charge < -0.3 is 14.4 Å². The van der Waals surface area contributed by atoms with Crippen molar-refractivity contribution in [1.29, 1.82) is 0 Å². The van der Waals surface area contributed by atoms with Crippen LogP contribution < -0.4 is 4.74 Å². The minimum absolute atomic E-state index is 0.0527. The number of hydrogen-bond donors (Lipinski definition) is 1. The number of aromatic amines is 1. The standard InChI is InChI=1S/C20H23N3O4/c1-26-15-6-4-13(5-7-15)16-10-17(22-21-16)18(24)23-9-3-8-20(23)11-14(12-20)19(25)27-2/h4-7,10,14H,3,8-9,11-12H2,1-2H3,(H,21,22).